The van der Waals surface area contributed by atoms with E-state index in [0.29, 0.717) is 6.42 Å². The van der Waals surface area contributed by atoms with Gasteiger partial charge in [0.25, 0.3) is 0 Å². The normalized spacial score (nSPS) is 11.4. The molecule has 198 valence electrons. The summed E-state index contributed by atoms with van der Waals surface area (Å²) in [6, 6.07) is 32.2. The fourth-order valence-corrected chi connectivity index (χ4v) is 4.25. The van der Waals surface area contributed by atoms with E-state index < -0.39 is 17.9 Å². The van der Waals surface area contributed by atoms with E-state index in [0.717, 1.165) is 27.8 Å². The summed E-state index contributed by atoms with van der Waals surface area (Å²) >= 11 is 0. The van der Waals surface area contributed by atoms with E-state index in [1.807, 2.05) is 42.5 Å². The van der Waals surface area contributed by atoms with Crippen LogP contribution in [0.15, 0.2) is 103 Å². The van der Waals surface area contributed by atoms with E-state index in [9.17, 15) is 19.5 Å². The Hall–Kier alpha value is -4.91. The summed E-state index contributed by atoms with van der Waals surface area (Å²) < 4.78 is 0. The molecule has 4 rings (SSSR count). The molecule has 0 heterocycles. The maximum Gasteiger partial charge on any atom is 0.243 e. The number of nitrogens with one attached hydrogen (secondary N) is 2. The average molecular weight is 522 g/mol. The van der Waals surface area contributed by atoms with Gasteiger partial charge in [0.15, 0.2) is 0 Å². The first kappa shape index (κ1) is 27.1. The lowest BCUT2D eigenvalue weighted by atomic mass is 9.99. The van der Waals surface area contributed by atoms with E-state index in [1.54, 1.807) is 12.1 Å². The Morgan fingerprint density at radius 2 is 1.21 bits per heavy atom. The molecular weight excluding hydrogens is 490 g/mol. The molecule has 39 heavy (non-hydrogen) atoms. The van der Waals surface area contributed by atoms with E-state index in [-0.39, 0.29) is 31.0 Å². The van der Waals surface area contributed by atoms with Crippen molar-refractivity contribution < 1.29 is 19.5 Å². The summed E-state index contributed by atoms with van der Waals surface area (Å²) in [6.45, 7) is -0.317. The number of nitrogens with two attached hydrogens (primary N) is 1. The van der Waals surface area contributed by atoms with E-state index in [4.69, 9.17) is 5.73 Å². The van der Waals surface area contributed by atoms with Crippen molar-refractivity contribution in [3.63, 3.8) is 0 Å². The van der Waals surface area contributed by atoms with Gasteiger partial charge in [-0.2, -0.15) is 0 Å². The Bertz CT molecular complexity index is 1400. The molecule has 0 unspecified atom stereocenters. The number of phenolic OH excluding ortho intramolecular Hbond substituents is 1. The van der Waals surface area contributed by atoms with Crippen LogP contribution in [0, 0.1) is 0 Å². The highest BCUT2D eigenvalue weighted by Gasteiger charge is 2.21. The Morgan fingerprint density at radius 1 is 0.692 bits per heavy atom. The zero-order valence-electron chi connectivity index (χ0n) is 21.5. The van der Waals surface area contributed by atoms with Crippen LogP contribution in [0.5, 0.6) is 5.75 Å². The van der Waals surface area contributed by atoms with Gasteiger partial charge in [-0.1, -0.05) is 91.0 Å². The minimum Gasteiger partial charge on any atom is -0.508 e. The van der Waals surface area contributed by atoms with Gasteiger partial charge >= 0.3 is 0 Å². The molecule has 1 atom stereocenters. The number of amides is 3. The smallest absolute Gasteiger partial charge is 0.243 e. The molecule has 0 aliphatic carbocycles. The summed E-state index contributed by atoms with van der Waals surface area (Å²) in [5.74, 6) is -1.35. The van der Waals surface area contributed by atoms with Crippen LogP contribution < -0.4 is 16.4 Å². The first-order valence-electron chi connectivity index (χ1n) is 12.8. The summed E-state index contributed by atoms with van der Waals surface area (Å²) in [7, 11) is 0. The number of hydrogen-bond donors (Lipinski definition) is 4. The number of primary amides is 1. The quantitative estimate of drug-likeness (QED) is 0.238. The largest absolute Gasteiger partial charge is 0.508 e. The van der Waals surface area contributed by atoms with Gasteiger partial charge in [0.2, 0.25) is 17.7 Å². The molecule has 0 aromatic heterocycles. The van der Waals surface area contributed by atoms with Gasteiger partial charge in [-0.25, -0.2) is 0 Å². The summed E-state index contributed by atoms with van der Waals surface area (Å²) in [6.07, 6.45) is 0.905. The zero-order valence-corrected chi connectivity index (χ0v) is 21.5. The fourth-order valence-electron chi connectivity index (χ4n) is 4.25. The SMILES string of the molecule is NC(=O)CNC(=O)[C@H](Cc1ccc(O)cc1)NC(=O)CCc1ccc(-c2ccc(-c3ccccc3)cc2)cc1. The molecule has 0 aliphatic rings. The first-order valence-corrected chi connectivity index (χ1v) is 12.8. The van der Waals surface area contributed by atoms with Crippen molar-refractivity contribution in [2.75, 3.05) is 6.54 Å². The van der Waals surface area contributed by atoms with Crippen LogP contribution in [-0.4, -0.2) is 35.4 Å². The third-order valence-corrected chi connectivity index (χ3v) is 6.38. The molecule has 0 radical (unpaired) electrons. The lowest BCUT2D eigenvalue weighted by molar-refractivity contribution is -0.129. The summed E-state index contributed by atoms with van der Waals surface area (Å²) in [4.78, 5) is 36.4. The highest BCUT2D eigenvalue weighted by Crippen LogP contribution is 2.25. The molecule has 4 aromatic rings. The second-order valence-corrected chi connectivity index (χ2v) is 9.32. The third kappa shape index (κ3) is 8.04. The van der Waals surface area contributed by atoms with Gasteiger partial charge in [0, 0.05) is 12.8 Å². The maximum absolute atomic E-state index is 12.7. The van der Waals surface area contributed by atoms with Crippen LogP contribution >= 0.6 is 0 Å². The lowest BCUT2D eigenvalue weighted by Crippen LogP contribution is -2.49. The molecule has 0 fully saturated rings. The summed E-state index contributed by atoms with van der Waals surface area (Å²) in [5, 5.41) is 14.7. The number of phenols is 1. The van der Waals surface area contributed by atoms with Crippen LogP contribution in [0.25, 0.3) is 22.3 Å². The van der Waals surface area contributed by atoms with Crippen molar-refractivity contribution in [2.45, 2.75) is 25.3 Å². The molecule has 3 amide bonds. The fraction of sp³-hybridized carbons (Fsp3) is 0.156. The van der Waals surface area contributed by atoms with Crippen molar-refractivity contribution >= 4 is 17.7 Å². The molecule has 0 bridgehead atoms. The van der Waals surface area contributed by atoms with Crippen molar-refractivity contribution in [2.24, 2.45) is 5.73 Å². The van der Waals surface area contributed by atoms with Crippen LogP contribution in [0.4, 0.5) is 0 Å². The van der Waals surface area contributed by atoms with Crippen LogP contribution in [0.2, 0.25) is 0 Å². The van der Waals surface area contributed by atoms with E-state index >= 15 is 0 Å². The number of carbonyl (C=O) groups is 3. The van der Waals surface area contributed by atoms with Gasteiger partial charge in [-0.15, -0.1) is 0 Å². The van der Waals surface area contributed by atoms with E-state index in [2.05, 4.69) is 47.0 Å². The number of aromatic hydroxyl groups is 1. The van der Waals surface area contributed by atoms with Crippen LogP contribution in [-0.2, 0) is 27.2 Å². The molecular formula is C32H31N3O4. The summed E-state index contributed by atoms with van der Waals surface area (Å²) in [5.41, 5.74) is 11.4. The average Bonchev–Trinajstić information content (AvgIpc) is 2.96. The highest BCUT2D eigenvalue weighted by molar-refractivity contribution is 5.90. The van der Waals surface area contributed by atoms with Gasteiger partial charge in [0.1, 0.15) is 11.8 Å². The van der Waals surface area contributed by atoms with Crippen molar-refractivity contribution in [3.8, 4) is 28.0 Å². The number of benzene rings is 4. The van der Waals surface area contributed by atoms with Gasteiger partial charge in [0.05, 0.1) is 6.54 Å². The maximum atomic E-state index is 12.7. The minimum atomic E-state index is -0.886. The molecule has 4 aromatic carbocycles. The number of hydrogen-bond acceptors (Lipinski definition) is 4. The zero-order chi connectivity index (χ0) is 27.6. The molecule has 0 saturated heterocycles. The first-order chi connectivity index (χ1) is 18.9. The van der Waals surface area contributed by atoms with Crippen molar-refractivity contribution in [1.82, 2.24) is 10.6 Å². The number of rotatable bonds is 11. The third-order valence-electron chi connectivity index (χ3n) is 6.38. The molecule has 0 saturated carbocycles. The Kier molecular flexibility index (Phi) is 9.08. The predicted octanol–water partition coefficient (Wildman–Crippen LogP) is 3.99. The highest BCUT2D eigenvalue weighted by atomic mass is 16.3. The topological polar surface area (TPSA) is 122 Å². The molecule has 7 heteroatoms. The van der Waals surface area contributed by atoms with Gasteiger partial charge < -0.3 is 21.5 Å². The van der Waals surface area contributed by atoms with Crippen LogP contribution in [0.3, 0.4) is 0 Å². The Labute approximate surface area is 227 Å². The monoisotopic (exact) mass is 521 g/mol. The minimum absolute atomic E-state index is 0.104. The van der Waals surface area contributed by atoms with Crippen LogP contribution in [0.1, 0.15) is 17.5 Å². The Balaban J connectivity index is 1.34. The molecule has 0 spiro atoms. The standard InChI is InChI=1S/C32H31N3O4/c33-30(37)21-34-32(39)29(20-23-8-17-28(36)18-9-23)35-31(38)19-10-22-6-11-25(12-7-22)27-15-13-26(14-16-27)24-4-2-1-3-5-24/h1-9,11-18,29,36H,10,19-21H2,(H2,33,37)(H,34,39)(H,35,38)/t29-/m0/s1. The molecule has 0 aliphatic heterocycles. The predicted molar refractivity (Wildman–Crippen MR) is 152 cm³/mol. The van der Waals surface area contributed by atoms with Crippen molar-refractivity contribution in [3.05, 3.63) is 114 Å². The van der Waals surface area contributed by atoms with E-state index in [1.165, 1.54) is 17.7 Å². The Morgan fingerprint density at radius 3 is 1.77 bits per heavy atom. The molecule has 5 N–H and O–H groups in total. The van der Waals surface area contributed by atoms with Crippen molar-refractivity contribution in [1.29, 1.82) is 0 Å². The van der Waals surface area contributed by atoms with Gasteiger partial charge in [-0.3, -0.25) is 14.4 Å². The molecule has 7 nitrogen and oxygen atoms in total. The second kappa shape index (κ2) is 13.1. The lowest BCUT2D eigenvalue weighted by Gasteiger charge is -2.18. The number of aryl methyl sites for hydroxylation is 1. The second-order valence-electron chi connectivity index (χ2n) is 9.32. The number of carbonyl (C=O) groups excluding carboxylic acids is 3. The van der Waals surface area contributed by atoms with Gasteiger partial charge in [-0.05, 0) is 51.9 Å².